The summed E-state index contributed by atoms with van der Waals surface area (Å²) in [6, 6.07) is 3.40. The van der Waals surface area contributed by atoms with Crippen molar-refractivity contribution in [1.82, 2.24) is 29.5 Å². The molecule has 1 aliphatic rings. The fourth-order valence-electron chi connectivity index (χ4n) is 4.31. The lowest BCUT2D eigenvalue weighted by Crippen LogP contribution is -2.51. The van der Waals surface area contributed by atoms with Crippen LogP contribution in [0, 0.1) is 5.82 Å². The minimum absolute atomic E-state index is 0.0248. The molecule has 1 saturated carbocycles. The second-order valence-electron chi connectivity index (χ2n) is 8.57. The van der Waals surface area contributed by atoms with E-state index in [-0.39, 0.29) is 24.1 Å². The molecule has 0 spiro atoms. The van der Waals surface area contributed by atoms with Crippen LogP contribution in [0.3, 0.4) is 0 Å². The zero-order valence-electron chi connectivity index (χ0n) is 19.0. The number of ether oxygens (including phenoxy) is 1. The van der Waals surface area contributed by atoms with Gasteiger partial charge in [-0.2, -0.15) is 9.61 Å². The molecule has 5 rings (SSSR count). The van der Waals surface area contributed by atoms with Gasteiger partial charge < -0.3 is 19.9 Å². The van der Waals surface area contributed by atoms with E-state index in [1.165, 1.54) is 18.5 Å². The number of halogens is 1. The van der Waals surface area contributed by atoms with Crippen LogP contribution in [0.2, 0.25) is 0 Å². The van der Waals surface area contributed by atoms with E-state index in [1.807, 2.05) is 30.7 Å². The molecule has 10 heteroatoms. The van der Waals surface area contributed by atoms with Crippen LogP contribution in [0.1, 0.15) is 43.1 Å². The minimum atomic E-state index is -0.419. The van der Waals surface area contributed by atoms with Gasteiger partial charge in [-0.15, -0.1) is 0 Å². The highest BCUT2D eigenvalue weighted by Crippen LogP contribution is 2.33. The van der Waals surface area contributed by atoms with Crippen LogP contribution >= 0.6 is 0 Å². The molecule has 4 aromatic heterocycles. The first-order chi connectivity index (χ1) is 15.9. The summed E-state index contributed by atoms with van der Waals surface area (Å²) in [5.41, 5.74) is 2.79. The molecule has 0 unspecified atom stereocenters. The molecule has 1 aliphatic carbocycles. The third-order valence-corrected chi connectivity index (χ3v) is 6.27. The van der Waals surface area contributed by atoms with Gasteiger partial charge in [0, 0.05) is 43.4 Å². The first-order valence-corrected chi connectivity index (χ1v) is 11.0. The summed E-state index contributed by atoms with van der Waals surface area (Å²) in [4.78, 5) is 22.1. The number of aromatic nitrogens is 5. The Morgan fingerprint density at radius 3 is 2.73 bits per heavy atom. The number of rotatable bonds is 6. The van der Waals surface area contributed by atoms with Crippen molar-refractivity contribution in [3.05, 3.63) is 42.1 Å². The molecule has 2 N–H and O–H groups in total. The predicted molar refractivity (Wildman–Crippen MR) is 123 cm³/mol. The number of anilines is 1. The van der Waals surface area contributed by atoms with Crippen molar-refractivity contribution in [2.24, 2.45) is 0 Å². The summed E-state index contributed by atoms with van der Waals surface area (Å²) in [5, 5.41) is 11.2. The molecule has 0 saturated heterocycles. The Bertz CT molecular complexity index is 1360. The summed E-state index contributed by atoms with van der Waals surface area (Å²) in [6.45, 7) is 4.08. The van der Waals surface area contributed by atoms with Crippen LogP contribution in [0.5, 0.6) is 0 Å². The second-order valence-corrected chi connectivity index (χ2v) is 8.57. The number of amides is 1. The van der Waals surface area contributed by atoms with E-state index in [4.69, 9.17) is 9.72 Å². The molecule has 1 fully saturated rings. The Hall–Kier alpha value is -3.53. The predicted octanol–water partition coefficient (Wildman–Crippen LogP) is 3.41. The number of carbonyl (C=O) groups excluding carboxylic acids is 1. The van der Waals surface area contributed by atoms with E-state index in [0.29, 0.717) is 33.8 Å². The standard InChI is InChI=1S/C23H26FN7O2/c1-12(2)30-11-16(14-7-13(24)9-26-21(14)30)18-8-20(25-3)31-22(28-18)15(10-27-31)23(32)29-17-5-6-19(17)33-4/h7-12,17,19,25H,5-6H2,1-4H3,(H,29,32)/t17-,19-/m0/s1. The Labute approximate surface area is 190 Å². The van der Waals surface area contributed by atoms with E-state index in [1.54, 1.807) is 18.7 Å². The van der Waals surface area contributed by atoms with Crippen LogP contribution in [-0.4, -0.2) is 56.4 Å². The molecular weight excluding hydrogens is 425 g/mol. The number of methoxy groups -OCH3 is 1. The van der Waals surface area contributed by atoms with Crippen molar-refractivity contribution in [3.63, 3.8) is 0 Å². The third-order valence-electron chi connectivity index (χ3n) is 6.27. The van der Waals surface area contributed by atoms with Gasteiger partial charge in [-0.25, -0.2) is 14.4 Å². The quantitative estimate of drug-likeness (QED) is 0.466. The average molecular weight is 452 g/mol. The van der Waals surface area contributed by atoms with Crippen LogP contribution in [0.4, 0.5) is 10.2 Å². The van der Waals surface area contributed by atoms with E-state index < -0.39 is 5.82 Å². The van der Waals surface area contributed by atoms with Gasteiger partial charge in [0.2, 0.25) is 0 Å². The summed E-state index contributed by atoms with van der Waals surface area (Å²) in [6.07, 6.45) is 6.48. The number of fused-ring (bicyclic) bond motifs is 2. The first-order valence-electron chi connectivity index (χ1n) is 11.0. The Morgan fingerprint density at radius 2 is 2.06 bits per heavy atom. The van der Waals surface area contributed by atoms with Gasteiger partial charge in [-0.1, -0.05) is 0 Å². The van der Waals surface area contributed by atoms with Gasteiger partial charge in [-0.05, 0) is 32.8 Å². The number of hydrogen-bond donors (Lipinski definition) is 2. The molecule has 0 bridgehead atoms. The summed E-state index contributed by atoms with van der Waals surface area (Å²) in [7, 11) is 3.42. The number of pyridine rings is 1. The molecule has 0 radical (unpaired) electrons. The fraction of sp³-hybridized carbons (Fsp3) is 0.391. The topological polar surface area (TPSA) is 98.4 Å². The number of carbonyl (C=O) groups is 1. The van der Waals surface area contributed by atoms with Crippen molar-refractivity contribution in [2.75, 3.05) is 19.5 Å². The molecule has 33 heavy (non-hydrogen) atoms. The lowest BCUT2D eigenvalue weighted by atomic mass is 9.89. The van der Waals surface area contributed by atoms with E-state index in [2.05, 4.69) is 20.7 Å². The van der Waals surface area contributed by atoms with Gasteiger partial charge in [0.25, 0.3) is 5.91 Å². The largest absolute Gasteiger partial charge is 0.379 e. The summed E-state index contributed by atoms with van der Waals surface area (Å²) < 4.78 is 23.1. The zero-order valence-corrected chi connectivity index (χ0v) is 19.0. The van der Waals surface area contributed by atoms with Crippen molar-refractivity contribution >= 4 is 28.4 Å². The number of nitrogens with one attached hydrogen (secondary N) is 2. The average Bonchev–Trinajstić information content (AvgIpc) is 3.37. The van der Waals surface area contributed by atoms with Gasteiger partial charge in [0.1, 0.15) is 22.8 Å². The Morgan fingerprint density at radius 1 is 1.24 bits per heavy atom. The molecule has 4 aromatic rings. The van der Waals surface area contributed by atoms with Gasteiger partial charge in [0.05, 0.1) is 30.2 Å². The molecule has 4 heterocycles. The van der Waals surface area contributed by atoms with Crippen molar-refractivity contribution in [1.29, 1.82) is 0 Å². The Balaban J connectivity index is 1.64. The summed E-state index contributed by atoms with van der Waals surface area (Å²) in [5.74, 6) is -0.0131. The van der Waals surface area contributed by atoms with E-state index in [0.717, 1.165) is 18.4 Å². The molecule has 172 valence electrons. The molecule has 1 amide bonds. The minimum Gasteiger partial charge on any atom is -0.379 e. The SMILES string of the molecule is CNc1cc(-c2cn(C(C)C)c3ncc(F)cc23)nc2c(C(=O)N[C@H]3CC[C@@H]3OC)cnn12. The molecule has 2 atom stereocenters. The lowest BCUT2D eigenvalue weighted by Gasteiger charge is -2.35. The van der Waals surface area contributed by atoms with Crippen molar-refractivity contribution in [2.45, 2.75) is 44.9 Å². The number of hydrogen-bond acceptors (Lipinski definition) is 6. The van der Waals surface area contributed by atoms with E-state index >= 15 is 0 Å². The maximum absolute atomic E-state index is 14.1. The molecular formula is C23H26FN7O2. The second kappa shape index (κ2) is 8.11. The highest BCUT2D eigenvalue weighted by molar-refractivity contribution is 6.01. The van der Waals surface area contributed by atoms with Crippen LogP contribution < -0.4 is 10.6 Å². The maximum atomic E-state index is 14.1. The van der Waals surface area contributed by atoms with Crippen molar-refractivity contribution in [3.8, 4) is 11.3 Å². The third kappa shape index (κ3) is 3.50. The van der Waals surface area contributed by atoms with E-state index in [9.17, 15) is 9.18 Å². The van der Waals surface area contributed by atoms with Gasteiger partial charge in [-0.3, -0.25) is 4.79 Å². The highest BCUT2D eigenvalue weighted by atomic mass is 19.1. The van der Waals surface area contributed by atoms with Gasteiger partial charge >= 0.3 is 0 Å². The van der Waals surface area contributed by atoms with Crippen LogP contribution in [0.15, 0.2) is 30.7 Å². The monoisotopic (exact) mass is 451 g/mol. The summed E-state index contributed by atoms with van der Waals surface area (Å²) >= 11 is 0. The smallest absolute Gasteiger partial charge is 0.257 e. The normalized spacial score (nSPS) is 18.1. The number of nitrogens with zero attached hydrogens (tertiary/aromatic N) is 5. The van der Waals surface area contributed by atoms with Crippen molar-refractivity contribution < 1.29 is 13.9 Å². The molecule has 0 aliphatic heterocycles. The lowest BCUT2D eigenvalue weighted by molar-refractivity contribution is 0.00732. The van der Waals surface area contributed by atoms with Gasteiger partial charge in [0.15, 0.2) is 5.65 Å². The molecule has 9 nitrogen and oxygen atoms in total. The maximum Gasteiger partial charge on any atom is 0.257 e. The first kappa shape index (κ1) is 21.3. The van der Waals surface area contributed by atoms with Crippen LogP contribution in [0.25, 0.3) is 27.9 Å². The zero-order chi connectivity index (χ0) is 23.3. The molecule has 0 aromatic carbocycles. The fourth-order valence-corrected chi connectivity index (χ4v) is 4.31. The highest BCUT2D eigenvalue weighted by Gasteiger charge is 2.33. The Kier molecular flexibility index (Phi) is 5.24. The van der Waals surface area contributed by atoms with Crippen LogP contribution in [-0.2, 0) is 4.74 Å².